The molecule has 45 heavy (non-hydrogen) atoms. The first kappa shape index (κ1) is 29.6. The van der Waals surface area contributed by atoms with Gasteiger partial charge in [-0.2, -0.15) is 11.4 Å². The number of benzene rings is 4. The maximum Gasteiger partial charge on any atom is 2.00 e. The molecule has 0 N–H and O–H groups in total. The quantitative estimate of drug-likeness (QED) is 0.120. The molecule has 1 aliphatic carbocycles. The average molecular weight is 666 g/mol. The molecule has 0 radical (unpaired) electrons. The zero-order valence-electron chi connectivity index (χ0n) is 23.9. The molecule has 9 rings (SSSR count). The van der Waals surface area contributed by atoms with Crippen molar-refractivity contribution >= 4 is 55.0 Å². The molecule has 4 heterocycles. The molecule has 0 saturated heterocycles. The van der Waals surface area contributed by atoms with Crippen molar-refractivity contribution in [1.82, 2.24) is 19.9 Å². The summed E-state index contributed by atoms with van der Waals surface area (Å²) < 4.78 is 0. The normalized spacial score (nSPS) is 11.5. The minimum absolute atomic E-state index is 0. The maximum absolute atomic E-state index is 9.91. The molecule has 8 aromatic rings. The van der Waals surface area contributed by atoms with Gasteiger partial charge in [0.25, 0.3) is 0 Å². The van der Waals surface area contributed by atoms with Crippen LogP contribution in [0.1, 0.15) is 11.1 Å². The van der Waals surface area contributed by atoms with E-state index in [1.807, 2.05) is 60.7 Å². The number of hydrogen-bond acceptors (Lipinski definition) is 4. The molecule has 0 aliphatic heterocycles. The largest absolute Gasteiger partial charge is 2.00 e. The van der Waals surface area contributed by atoms with Crippen LogP contribution >= 0.6 is 0 Å². The minimum atomic E-state index is -0.0469. The summed E-state index contributed by atoms with van der Waals surface area (Å²) in [6, 6.07) is 39.3. The van der Waals surface area contributed by atoms with Gasteiger partial charge in [-0.3, -0.25) is 19.9 Å². The molecule has 7 heteroatoms. The Balaban J connectivity index is 0.000000118. The second kappa shape index (κ2) is 13.0. The molecule has 0 spiro atoms. The Kier molecular flexibility index (Phi) is 8.54. The van der Waals surface area contributed by atoms with Crippen LogP contribution < -0.4 is 0 Å². The fraction of sp³-hybridized carbons (Fsp3) is 0. The monoisotopic (exact) mass is 666 g/mol. The SMILES string of the molecule is [N-]=C1C(=[N-])c2ccccc2-c2ccccc21.[Ru+2].c1cnc2c(c1)ccc1cccnc12.c1cnc2c(c1)ccc1cccnc12. The summed E-state index contributed by atoms with van der Waals surface area (Å²) in [6.45, 7) is 0. The van der Waals surface area contributed by atoms with E-state index < -0.39 is 0 Å². The van der Waals surface area contributed by atoms with E-state index in [1.165, 1.54) is 0 Å². The average Bonchev–Trinajstić information content (AvgIpc) is 3.11. The van der Waals surface area contributed by atoms with Crippen LogP contribution in [-0.2, 0) is 19.5 Å². The van der Waals surface area contributed by atoms with E-state index in [1.54, 1.807) is 36.9 Å². The summed E-state index contributed by atoms with van der Waals surface area (Å²) in [7, 11) is 0. The van der Waals surface area contributed by atoms with Gasteiger partial charge >= 0.3 is 19.5 Å². The zero-order chi connectivity index (χ0) is 29.9. The molecular weight excluding hydrogens is 642 g/mol. The van der Waals surface area contributed by atoms with Gasteiger partial charge in [0.05, 0.1) is 22.1 Å². The molecule has 6 nitrogen and oxygen atoms in total. The van der Waals surface area contributed by atoms with E-state index in [9.17, 15) is 10.8 Å². The van der Waals surface area contributed by atoms with Crippen molar-refractivity contribution in [2.75, 3.05) is 0 Å². The summed E-state index contributed by atoms with van der Waals surface area (Å²) in [6.07, 6.45) is 7.21. The van der Waals surface area contributed by atoms with Crippen LogP contribution in [0, 0.1) is 0 Å². The van der Waals surface area contributed by atoms with Gasteiger partial charge in [0.15, 0.2) is 0 Å². The Morgan fingerprint density at radius 1 is 0.311 bits per heavy atom. The molecule has 1 aliphatic rings. The standard InChI is InChI=1S/C14H8N2.2C12H8N2.Ru/c15-13-11-7-3-1-5-9(11)10-6-2-4-8-12(10)14(13)16;2*1-3-9-5-6-10-4-2-8-14-12(10)11(9)13-7-1;/h1-8H;2*1-8H;/q-2;;;+2. The Morgan fingerprint density at radius 3 is 0.867 bits per heavy atom. The van der Waals surface area contributed by atoms with E-state index in [2.05, 4.69) is 68.5 Å². The number of aromatic nitrogens is 4. The van der Waals surface area contributed by atoms with Crippen LogP contribution in [0.15, 0.2) is 146 Å². The minimum Gasteiger partial charge on any atom is -0.804 e. The van der Waals surface area contributed by atoms with E-state index >= 15 is 0 Å². The second-order valence-corrected chi connectivity index (χ2v) is 10.2. The summed E-state index contributed by atoms with van der Waals surface area (Å²) in [5.74, 6) is 0. The van der Waals surface area contributed by atoms with Gasteiger partial charge < -0.3 is 10.8 Å². The molecule has 4 aromatic heterocycles. The Hall–Kier alpha value is -5.52. The Morgan fingerprint density at radius 2 is 0.578 bits per heavy atom. The third-order valence-corrected chi connectivity index (χ3v) is 7.57. The predicted octanol–water partition coefficient (Wildman–Crippen LogP) is 8.65. The molecule has 0 atom stereocenters. The summed E-state index contributed by atoms with van der Waals surface area (Å²) in [5.41, 5.74) is 7.08. The molecule has 4 aromatic carbocycles. The van der Waals surface area contributed by atoms with Gasteiger partial charge in [-0.05, 0) is 46.5 Å². The zero-order valence-corrected chi connectivity index (χ0v) is 25.6. The predicted molar refractivity (Wildman–Crippen MR) is 181 cm³/mol. The topological polar surface area (TPSA) is 96.2 Å². The summed E-state index contributed by atoms with van der Waals surface area (Å²) in [5, 5.41) is 24.4. The molecule has 0 bridgehead atoms. The van der Waals surface area contributed by atoms with E-state index in [4.69, 9.17) is 0 Å². The van der Waals surface area contributed by atoms with Gasteiger partial charge in [-0.15, -0.1) is 0 Å². The maximum atomic E-state index is 9.91. The number of rotatable bonds is 0. The fourth-order valence-corrected chi connectivity index (χ4v) is 5.46. The van der Waals surface area contributed by atoms with Gasteiger partial charge in [0, 0.05) is 46.3 Å². The van der Waals surface area contributed by atoms with Crippen LogP contribution in [0.2, 0.25) is 0 Å². The van der Waals surface area contributed by atoms with E-state index in [-0.39, 0.29) is 30.9 Å². The van der Waals surface area contributed by atoms with Gasteiger partial charge in [0.2, 0.25) is 0 Å². The molecule has 0 unspecified atom stereocenters. The van der Waals surface area contributed by atoms with Crippen LogP contribution in [0.4, 0.5) is 0 Å². The first-order valence-electron chi connectivity index (χ1n) is 14.2. The van der Waals surface area contributed by atoms with Crippen LogP contribution in [0.5, 0.6) is 0 Å². The number of hydrogen-bond donors (Lipinski definition) is 0. The van der Waals surface area contributed by atoms with Gasteiger partial charge in [-0.1, -0.05) is 97.1 Å². The van der Waals surface area contributed by atoms with E-state index in [0.717, 1.165) is 54.7 Å². The number of fused-ring (bicyclic) bond motifs is 9. The Labute approximate surface area is 272 Å². The molecule has 0 saturated carbocycles. The third-order valence-electron chi connectivity index (χ3n) is 7.57. The Bertz CT molecular complexity index is 2070. The summed E-state index contributed by atoms with van der Waals surface area (Å²) >= 11 is 0. The van der Waals surface area contributed by atoms with Gasteiger partial charge in [-0.25, -0.2) is 0 Å². The van der Waals surface area contributed by atoms with Crippen molar-refractivity contribution in [1.29, 1.82) is 0 Å². The molecule has 0 fully saturated rings. The molecular formula is C38H24N6Ru. The van der Waals surface area contributed by atoms with Crippen LogP contribution in [-0.4, -0.2) is 31.4 Å². The first-order chi connectivity index (χ1) is 21.7. The fourth-order valence-electron chi connectivity index (χ4n) is 5.46. The van der Waals surface area contributed by atoms with Crippen molar-refractivity contribution < 1.29 is 19.5 Å². The second-order valence-electron chi connectivity index (χ2n) is 10.2. The number of pyridine rings is 4. The molecule has 214 valence electrons. The smallest absolute Gasteiger partial charge is 0.804 e. The van der Waals surface area contributed by atoms with E-state index in [0.29, 0.717) is 11.1 Å². The van der Waals surface area contributed by atoms with Crippen molar-refractivity contribution in [3.63, 3.8) is 0 Å². The third kappa shape index (κ3) is 5.74. The number of nitrogens with zero attached hydrogens (tertiary/aromatic N) is 6. The van der Waals surface area contributed by atoms with Crippen LogP contribution in [0.25, 0.3) is 65.6 Å². The van der Waals surface area contributed by atoms with Gasteiger partial charge in [0.1, 0.15) is 0 Å². The van der Waals surface area contributed by atoms with Crippen molar-refractivity contribution in [3.05, 3.63) is 168 Å². The first-order valence-corrected chi connectivity index (χ1v) is 14.2. The summed E-state index contributed by atoms with van der Waals surface area (Å²) in [4.78, 5) is 17.4. The molecule has 0 amide bonds. The van der Waals surface area contributed by atoms with Crippen molar-refractivity contribution in [2.24, 2.45) is 0 Å². The van der Waals surface area contributed by atoms with Crippen LogP contribution in [0.3, 0.4) is 0 Å². The van der Waals surface area contributed by atoms with Crippen molar-refractivity contribution in [2.45, 2.75) is 0 Å². The van der Waals surface area contributed by atoms with Crippen molar-refractivity contribution in [3.8, 4) is 11.1 Å².